The molecule has 0 spiro atoms. The van der Waals surface area contributed by atoms with Gasteiger partial charge in [-0.3, -0.25) is 4.79 Å². The number of rotatable bonds is 5. The standard InChI is InChI=1S/C12H15NO3S/c1-9(14)13-12(8-17,11(15)16)7-10-5-3-2-4-6-10/h2-6,17H,7-8H2,1H3,(H,13,14)(H,15,16). The van der Waals surface area contributed by atoms with Crippen molar-refractivity contribution in [3.8, 4) is 0 Å². The van der Waals surface area contributed by atoms with Crippen molar-refractivity contribution in [3.05, 3.63) is 35.9 Å². The zero-order valence-corrected chi connectivity index (χ0v) is 10.4. The topological polar surface area (TPSA) is 66.4 Å². The molecule has 0 aliphatic carbocycles. The first-order chi connectivity index (χ1) is 8.00. The Kier molecular flexibility index (Phi) is 4.57. The third-order valence-corrected chi connectivity index (χ3v) is 2.98. The summed E-state index contributed by atoms with van der Waals surface area (Å²) in [4.78, 5) is 22.4. The molecule has 17 heavy (non-hydrogen) atoms. The summed E-state index contributed by atoms with van der Waals surface area (Å²) in [5.41, 5.74) is -0.506. The minimum absolute atomic E-state index is 0.0385. The maximum absolute atomic E-state index is 11.3. The first kappa shape index (κ1) is 13.6. The molecule has 1 unspecified atom stereocenters. The molecule has 0 aliphatic rings. The molecule has 1 rings (SSSR count). The summed E-state index contributed by atoms with van der Waals surface area (Å²) in [6.45, 7) is 1.30. The number of amides is 1. The molecule has 1 amide bonds. The summed E-state index contributed by atoms with van der Waals surface area (Å²) in [6, 6.07) is 9.15. The summed E-state index contributed by atoms with van der Waals surface area (Å²) in [7, 11) is 0. The molecule has 0 aliphatic heterocycles. The fraction of sp³-hybridized carbons (Fsp3) is 0.333. The van der Waals surface area contributed by atoms with Gasteiger partial charge in [0.2, 0.25) is 5.91 Å². The molecule has 1 aromatic carbocycles. The first-order valence-corrected chi connectivity index (χ1v) is 5.80. The van der Waals surface area contributed by atoms with Gasteiger partial charge >= 0.3 is 5.97 Å². The van der Waals surface area contributed by atoms with Gasteiger partial charge in [0, 0.05) is 19.1 Å². The van der Waals surface area contributed by atoms with E-state index in [4.69, 9.17) is 0 Å². The molecule has 4 nitrogen and oxygen atoms in total. The highest BCUT2D eigenvalue weighted by Crippen LogP contribution is 2.16. The largest absolute Gasteiger partial charge is 0.479 e. The van der Waals surface area contributed by atoms with Crippen molar-refractivity contribution in [1.29, 1.82) is 0 Å². The molecular weight excluding hydrogens is 238 g/mol. The monoisotopic (exact) mass is 253 g/mol. The van der Waals surface area contributed by atoms with E-state index in [1.54, 1.807) is 0 Å². The van der Waals surface area contributed by atoms with Gasteiger partial charge in [0.15, 0.2) is 5.54 Å². The molecule has 0 bridgehead atoms. The Morgan fingerprint density at radius 1 is 1.35 bits per heavy atom. The van der Waals surface area contributed by atoms with Crippen LogP contribution >= 0.6 is 12.6 Å². The van der Waals surface area contributed by atoms with Gasteiger partial charge in [-0.15, -0.1) is 0 Å². The normalized spacial score (nSPS) is 13.8. The highest BCUT2D eigenvalue weighted by atomic mass is 32.1. The quantitative estimate of drug-likeness (QED) is 0.689. The average molecular weight is 253 g/mol. The Morgan fingerprint density at radius 2 is 1.94 bits per heavy atom. The van der Waals surface area contributed by atoms with Crippen LogP contribution in [0.2, 0.25) is 0 Å². The van der Waals surface area contributed by atoms with Crippen molar-refractivity contribution < 1.29 is 14.7 Å². The number of hydrogen-bond donors (Lipinski definition) is 3. The molecule has 0 radical (unpaired) electrons. The number of nitrogens with one attached hydrogen (secondary N) is 1. The predicted molar refractivity (Wildman–Crippen MR) is 68.2 cm³/mol. The molecule has 0 fully saturated rings. The van der Waals surface area contributed by atoms with Crippen LogP contribution in [0.5, 0.6) is 0 Å². The van der Waals surface area contributed by atoms with Crippen LogP contribution in [0, 0.1) is 0 Å². The second kappa shape index (κ2) is 5.72. The summed E-state index contributed by atoms with van der Waals surface area (Å²) < 4.78 is 0. The summed E-state index contributed by atoms with van der Waals surface area (Å²) >= 11 is 4.05. The van der Waals surface area contributed by atoms with Gasteiger partial charge in [-0.1, -0.05) is 30.3 Å². The van der Waals surface area contributed by atoms with Crippen LogP contribution in [-0.4, -0.2) is 28.3 Å². The molecule has 0 aromatic heterocycles. The van der Waals surface area contributed by atoms with E-state index in [0.717, 1.165) is 5.56 Å². The number of carbonyl (C=O) groups excluding carboxylic acids is 1. The van der Waals surface area contributed by atoms with Crippen molar-refractivity contribution in [1.82, 2.24) is 5.32 Å². The van der Waals surface area contributed by atoms with E-state index in [-0.39, 0.29) is 18.1 Å². The second-order valence-electron chi connectivity index (χ2n) is 3.89. The third-order valence-electron chi connectivity index (χ3n) is 2.44. The molecule has 0 heterocycles. The van der Waals surface area contributed by atoms with Crippen LogP contribution in [0.25, 0.3) is 0 Å². The Bertz CT molecular complexity index is 407. The fourth-order valence-corrected chi connectivity index (χ4v) is 1.94. The minimum Gasteiger partial charge on any atom is -0.479 e. The second-order valence-corrected chi connectivity index (χ2v) is 4.21. The maximum Gasteiger partial charge on any atom is 0.330 e. The molecular formula is C12H15NO3S. The lowest BCUT2D eigenvalue weighted by Gasteiger charge is -2.28. The van der Waals surface area contributed by atoms with Crippen LogP contribution in [-0.2, 0) is 16.0 Å². The van der Waals surface area contributed by atoms with Crippen LogP contribution in [0.1, 0.15) is 12.5 Å². The molecule has 92 valence electrons. The van der Waals surface area contributed by atoms with Gasteiger partial charge in [-0.05, 0) is 5.56 Å². The minimum atomic E-state index is -1.35. The van der Waals surface area contributed by atoms with Crippen LogP contribution in [0.3, 0.4) is 0 Å². The maximum atomic E-state index is 11.3. The first-order valence-electron chi connectivity index (χ1n) is 5.17. The van der Waals surface area contributed by atoms with Gasteiger partial charge in [0.1, 0.15) is 0 Å². The number of aliphatic carboxylic acids is 1. The van der Waals surface area contributed by atoms with Crippen molar-refractivity contribution in [2.45, 2.75) is 18.9 Å². The zero-order valence-electron chi connectivity index (χ0n) is 9.51. The lowest BCUT2D eigenvalue weighted by molar-refractivity contribution is -0.146. The zero-order chi connectivity index (χ0) is 12.9. The van der Waals surface area contributed by atoms with E-state index in [1.165, 1.54) is 6.92 Å². The summed E-state index contributed by atoms with van der Waals surface area (Å²) in [5.74, 6) is -1.42. The highest BCUT2D eigenvalue weighted by Gasteiger charge is 2.38. The van der Waals surface area contributed by atoms with E-state index in [9.17, 15) is 14.7 Å². The van der Waals surface area contributed by atoms with E-state index in [0.29, 0.717) is 0 Å². The van der Waals surface area contributed by atoms with E-state index >= 15 is 0 Å². The molecule has 1 atom stereocenters. The van der Waals surface area contributed by atoms with Gasteiger partial charge in [0.05, 0.1) is 0 Å². The Labute approximate surface area is 105 Å². The molecule has 2 N–H and O–H groups in total. The molecule has 0 saturated carbocycles. The average Bonchev–Trinajstić information content (AvgIpc) is 2.28. The van der Waals surface area contributed by atoms with Gasteiger partial charge in [-0.25, -0.2) is 4.79 Å². The SMILES string of the molecule is CC(=O)NC(CS)(Cc1ccccc1)C(=O)O. The number of benzene rings is 1. The van der Waals surface area contributed by atoms with Crippen molar-refractivity contribution in [2.75, 3.05) is 5.75 Å². The van der Waals surface area contributed by atoms with E-state index in [1.807, 2.05) is 30.3 Å². The molecule has 0 saturated heterocycles. The summed E-state index contributed by atoms with van der Waals surface area (Å²) in [5, 5.41) is 11.7. The lowest BCUT2D eigenvalue weighted by atomic mass is 9.92. The number of carbonyl (C=O) groups is 2. The number of hydrogen-bond acceptors (Lipinski definition) is 3. The van der Waals surface area contributed by atoms with Crippen molar-refractivity contribution in [2.24, 2.45) is 0 Å². The lowest BCUT2D eigenvalue weighted by Crippen LogP contribution is -2.57. The Hall–Kier alpha value is -1.49. The molecule has 5 heteroatoms. The van der Waals surface area contributed by atoms with Crippen LogP contribution < -0.4 is 5.32 Å². The fourth-order valence-electron chi connectivity index (χ4n) is 1.62. The van der Waals surface area contributed by atoms with E-state index in [2.05, 4.69) is 17.9 Å². The highest BCUT2D eigenvalue weighted by molar-refractivity contribution is 7.80. The van der Waals surface area contributed by atoms with Gasteiger partial charge in [0.25, 0.3) is 0 Å². The Morgan fingerprint density at radius 3 is 2.35 bits per heavy atom. The third kappa shape index (κ3) is 3.49. The Balaban J connectivity index is 2.98. The van der Waals surface area contributed by atoms with Gasteiger partial charge < -0.3 is 10.4 Å². The van der Waals surface area contributed by atoms with Crippen LogP contribution in [0.15, 0.2) is 30.3 Å². The number of thiol groups is 1. The van der Waals surface area contributed by atoms with Gasteiger partial charge in [-0.2, -0.15) is 12.6 Å². The summed E-state index contributed by atoms with van der Waals surface area (Å²) in [6.07, 6.45) is 0.215. The number of carboxylic acids is 1. The number of carboxylic acid groups (broad SMARTS) is 1. The smallest absolute Gasteiger partial charge is 0.330 e. The molecule has 1 aromatic rings. The van der Waals surface area contributed by atoms with Crippen LogP contribution in [0.4, 0.5) is 0 Å². The van der Waals surface area contributed by atoms with E-state index < -0.39 is 11.5 Å². The van der Waals surface area contributed by atoms with Crippen molar-refractivity contribution in [3.63, 3.8) is 0 Å². The predicted octanol–water partition coefficient (Wildman–Crippen LogP) is 1.12. The van der Waals surface area contributed by atoms with Crippen molar-refractivity contribution >= 4 is 24.5 Å².